The molecule has 0 aromatic rings. The average molecular weight is 209 g/mol. The highest BCUT2D eigenvalue weighted by Crippen LogP contribution is 2.37. The first-order valence-electron chi connectivity index (χ1n) is 7.04. The van der Waals surface area contributed by atoms with Crippen LogP contribution in [-0.2, 0) is 0 Å². The summed E-state index contributed by atoms with van der Waals surface area (Å²) in [5.41, 5.74) is 0. The van der Waals surface area contributed by atoms with E-state index in [1.54, 1.807) is 0 Å². The molecular formula is C14H27N. The summed E-state index contributed by atoms with van der Waals surface area (Å²) < 4.78 is 0. The van der Waals surface area contributed by atoms with E-state index in [0.717, 1.165) is 23.8 Å². The second-order valence-electron chi connectivity index (χ2n) is 5.79. The van der Waals surface area contributed by atoms with Crippen LogP contribution in [0.15, 0.2) is 0 Å². The van der Waals surface area contributed by atoms with Crippen molar-refractivity contribution >= 4 is 0 Å². The first kappa shape index (κ1) is 11.4. The third kappa shape index (κ3) is 3.21. The van der Waals surface area contributed by atoms with Gasteiger partial charge in [0, 0.05) is 6.04 Å². The molecule has 0 amide bonds. The van der Waals surface area contributed by atoms with Crippen molar-refractivity contribution in [2.45, 2.75) is 64.8 Å². The molecule has 3 atom stereocenters. The lowest BCUT2D eigenvalue weighted by Crippen LogP contribution is -2.38. The minimum atomic E-state index is 0.818. The molecule has 1 heteroatoms. The van der Waals surface area contributed by atoms with Crippen molar-refractivity contribution in [2.75, 3.05) is 6.54 Å². The molecule has 0 heterocycles. The van der Waals surface area contributed by atoms with Crippen LogP contribution < -0.4 is 5.32 Å². The molecule has 0 saturated heterocycles. The summed E-state index contributed by atoms with van der Waals surface area (Å²) in [4.78, 5) is 0. The number of hydrogen-bond acceptors (Lipinski definition) is 1. The Morgan fingerprint density at radius 1 is 1.20 bits per heavy atom. The summed E-state index contributed by atoms with van der Waals surface area (Å²) in [5, 5.41) is 3.83. The quantitative estimate of drug-likeness (QED) is 0.729. The zero-order valence-corrected chi connectivity index (χ0v) is 10.5. The van der Waals surface area contributed by atoms with Crippen LogP contribution in [0, 0.1) is 17.8 Å². The van der Waals surface area contributed by atoms with Crippen molar-refractivity contribution in [3.05, 3.63) is 0 Å². The van der Waals surface area contributed by atoms with Crippen LogP contribution >= 0.6 is 0 Å². The predicted octanol–water partition coefficient (Wildman–Crippen LogP) is 3.59. The van der Waals surface area contributed by atoms with Crippen LogP contribution in [0.5, 0.6) is 0 Å². The minimum absolute atomic E-state index is 0.818. The molecule has 2 aliphatic rings. The standard InChI is InChI=1S/C14H27N/c1-3-14(12-7-5-4-6-8-12)15-10-13-9-11(13)2/h11-15H,3-10H2,1-2H3. The van der Waals surface area contributed by atoms with Gasteiger partial charge in [-0.3, -0.25) is 0 Å². The molecule has 3 unspecified atom stereocenters. The van der Waals surface area contributed by atoms with E-state index in [-0.39, 0.29) is 0 Å². The summed E-state index contributed by atoms with van der Waals surface area (Å²) in [6.07, 6.45) is 10.2. The average Bonchev–Trinajstić information content (AvgIpc) is 2.97. The number of rotatable bonds is 5. The summed E-state index contributed by atoms with van der Waals surface area (Å²) in [5.74, 6) is 2.99. The first-order chi connectivity index (χ1) is 7.31. The van der Waals surface area contributed by atoms with Gasteiger partial charge in [0.2, 0.25) is 0 Å². The van der Waals surface area contributed by atoms with E-state index >= 15 is 0 Å². The van der Waals surface area contributed by atoms with Gasteiger partial charge in [-0.15, -0.1) is 0 Å². The molecule has 2 saturated carbocycles. The molecule has 0 aliphatic heterocycles. The van der Waals surface area contributed by atoms with Gasteiger partial charge in [-0.05, 0) is 50.0 Å². The van der Waals surface area contributed by atoms with E-state index in [4.69, 9.17) is 0 Å². The topological polar surface area (TPSA) is 12.0 Å². The first-order valence-corrected chi connectivity index (χ1v) is 7.04. The highest BCUT2D eigenvalue weighted by atomic mass is 14.9. The van der Waals surface area contributed by atoms with Crippen LogP contribution in [0.4, 0.5) is 0 Å². The van der Waals surface area contributed by atoms with Crippen molar-refractivity contribution in [3.63, 3.8) is 0 Å². The van der Waals surface area contributed by atoms with Crippen molar-refractivity contribution in [2.24, 2.45) is 17.8 Å². The molecule has 0 radical (unpaired) electrons. The smallest absolute Gasteiger partial charge is 0.00928 e. The van der Waals surface area contributed by atoms with E-state index in [9.17, 15) is 0 Å². The Hall–Kier alpha value is -0.0400. The molecule has 2 aliphatic carbocycles. The molecule has 2 fully saturated rings. The van der Waals surface area contributed by atoms with E-state index < -0.39 is 0 Å². The summed E-state index contributed by atoms with van der Waals surface area (Å²) in [7, 11) is 0. The molecule has 88 valence electrons. The highest BCUT2D eigenvalue weighted by molar-refractivity contribution is 4.87. The molecule has 0 aromatic carbocycles. The molecule has 0 aromatic heterocycles. The predicted molar refractivity (Wildman–Crippen MR) is 65.9 cm³/mol. The Kier molecular flexibility index (Phi) is 4.07. The molecule has 2 rings (SSSR count). The van der Waals surface area contributed by atoms with Crippen LogP contribution in [0.3, 0.4) is 0 Å². The van der Waals surface area contributed by atoms with Crippen LogP contribution in [-0.4, -0.2) is 12.6 Å². The van der Waals surface area contributed by atoms with Crippen molar-refractivity contribution in [1.82, 2.24) is 5.32 Å². The monoisotopic (exact) mass is 209 g/mol. The maximum absolute atomic E-state index is 3.83. The molecule has 0 spiro atoms. The van der Waals surface area contributed by atoms with Gasteiger partial charge >= 0.3 is 0 Å². The van der Waals surface area contributed by atoms with Gasteiger partial charge in [0.25, 0.3) is 0 Å². The van der Waals surface area contributed by atoms with Gasteiger partial charge in [0.1, 0.15) is 0 Å². The van der Waals surface area contributed by atoms with Crippen molar-refractivity contribution < 1.29 is 0 Å². The van der Waals surface area contributed by atoms with E-state index in [1.807, 2.05) is 0 Å². The van der Waals surface area contributed by atoms with Gasteiger partial charge in [0.15, 0.2) is 0 Å². The zero-order chi connectivity index (χ0) is 10.7. The second kappa shape index (κ2) is 5.34. The SMILES string of the molecule is CCC(NCC1CC1C)C1CCCCC1. The van der Waals surface area contributed by atoms with Gasteiger partial charge in [-0.1, -0.05) is 33.1 Å². The number of hydrogen-bond donors (Lipinski definition) is 1. The lowest BCUT2D eigenvalue weighted by Gasteiger charge is -2.30. The Bertz CT molecular complexity index is 184. The number of nitrogens with one attached hydrogen (secondary N) is 1. The maximum atomic E-state index is 3.83. The van der Waals surface area contributed by atoms with E-state index in [1.165, 1.54) is 51.5 Å². The Morgan fingerprint density at radius 2 is 1.87 bits per heavy atom. The van der Waals surface area contributed by atoms with Crippen LogP contribution in [0.25, 0.3) is 0 Å². The van der Waals surface area contributed by atoms with Crippen molar-refractivity contribution in [1.29, 1.82) is 0 Å². The zero-order valence-electron chi connectivity index (χ0n) is 10.5. The third-order valence-electron chi connectivity index (χ3n) is 4.58. The lowest BCUT2D eigenvalue weighted by molar-refractivity contribution is 0.260. The Morgan fingerprint density at radius 3 is 2.40 bits per heavy atom. The normalized spacial score (nSPS) is 34.0. The summed E-state index contributed by atoms with van der Waals surface area (Å²) in [6, 6.07) is 0.818. The molecule has 15 heavy (non-hydrogen) atoms. The Balaban J connectivity index is 1.70. The van der Waals surface area contributed by atoms with E-state index in [2.05, 4.69) is 19.2 Å². The minimum Gasteiger partial charge on any atom is -0.313 e. The Labute approximate surface area is 95.0 Å². The maximum Gasteiger partial charge on any atom is 0.00928 e. The van der Waals surface area contributed by atoms with Gasteiger partial charge in [-0.2, -0.15) is 0 Å². The molecule has 0 bridgehead atoms. The fourth-order valence-corrected chi connectivity index (χ4v) is 3.17. The fourth-order valence-electron chi connectivity index (χ4n) is 3.17. The van der Waals surface area contributed by atoms with E-state index in [0.29, 0.717) is 0 Å². The highest BCUT2D eigenvalue weighted by Gasteiger charge is 2.33. The van der Waals surface area contributed by atoms with Gasteiger partial charge in [-0.25, -0.2) is 0 Å². The van der Waals surface area contributed by atoms with Gasteiger partial charge in [0.05, 0.1) is 0 Å². The molecular weight excluding hydrogens is 182 g/mol. The fraction of sp³-hybridized carbons (Fsp3) is 1.00. The third-order valence-corrected chi connectivity index (χ3v) is 4.58. The second-order valence-corrected chi connectivity index (χ2v) is 5.79. The van der Waals surface area contributed by atoms with Crippen molar-refractivity contribution in [3.8, 4) is 0 Å². The molecule has 1 N–H and O–H groups in total. The largest absolute Gasteiger partial charge is 0.313 e. The van der Waals surface area contributed by atoms with Crippen LogP contribution in [0.2, 0.25) is 0 Å². The van der Waals surface area contributed by atoms with Crippen LogP contribution in [0.1, 0.15) is 58.8 Å². The van der Waals surface area contributed by atoms with Gasteiger partial charge < -0.3 is 5.32 Å². The summed E-state index contributed by atoms with van der Waals surface area (Å²) in [6.45, 7) is 6.02. The lowest BCUT2D eigenvalue weighted by atomic mass is 9.83. The summed E-state index contributed by atoms with van der Waals surface area (Å²) >= 11 is 0. The molecule has 1 nitrogen and oxygen atoms in total.